The van der Waals surface area contributed by atoms with E-state index in [2.05, 4.69) is 15.5 Å². The number of carbonyl (C=O) groups is 1. The monoisotopic (exact) mass is 391 g/mol. The Morgan fingerprint density at radius 2 is 1.96 bits per heavy atom. The number of aromatic nitrogens is 2. The molecule has 0 unspecified atom stereocenters. The van der Waals surface area contributed by atoms with Crippen molar-refractivity contribution in [3.05, 3.63) is 70.8 Å². The Hall–Kier alpha value is -2.38. The Labute approximate surface area is 158 Å². The molecule has 1 amide bonds. The molecular weight excluding hydrogens is 377 g/mol. The summed E-state index contributed by atoms with van der Waals surface area (Å²) in [5.74, 6) is 1.18. The van der Waals surface area contributed by atoms with Gasteiger partial charge in [0.15, 0.2) is 0 Å². The standard InChI is InChI=1S/C18H15ClFN3O2S/c19-15-4-2-1-3-14(15)18-22-17(25-23-18)9-21-16(24)11-26-10-12-5-7-13(20)8-6-12/h1-8H,9-11H2,(H,21,24). The van der Waals surface area contributed by atoms with Gasteiger partial charge in [-0.2, -0.15) is 4.98 Å². The first kappa shape index (κ1) is 18.4. The van der Waals surface area contributed by atoms with E-state index in [0.717, 1.165) is 5.56 Å². The van der Waals surface area contributed by atoms with Crippen LogP contribution in [0.25, 0.3) is 11.4 Å². The summed E-state index contributed by atoms with van der Waals surface area (Å²) in [6, 6.07) is 13.4. The zero-order valence-electron chi connectivity index (χ0n) is 13.6. The van der Waals surface area contributed by atoms with Crippen molar-refractivity contribution in [2.75, 3.05) is 5.75 Å². The van der Waals surface area contributed by atoms with Crippen molar-refractivity contribution in [1.82, 2.24) is 15.5 Å². The maximum absolute atomic E-state index is 12.8. The Morgan fingerprint density at radius 1 is 1.19 bits per heavy atom. The first-order valence-electron chi connectivity index (χ1n) is 7.78. The second-order valence-electron chi connectivity index (χ2n) is 5.39. The molecule has 2 aromatic carbocycles. The lowest BCUT2D eigenvalue weighted by molar-refractivity contribution is -0.118. The number of halogens is 2. The molecule has 134 valence electrons. The first-order chi connectivity index (χ1) is 12.6. The lowest BCUT2D eigenvalue weighted by Crippen LogP contribution is -2.24. The van der Waals surface area contributed by atoms with E-state index in [1.54, 1.807) is 24.3 Å². The van der Waals surface area contributed by atoms with Crippen molar-refractivity contribution >= 4 is 29.3 Å². The molecule has 0 bridgehead atoms. The molecule has 26 heavy (non-hydrogen) atoms. The average molecular weight is 392 g/mol. The van der Waals surface area contributed by atoms with Gasteiger partial charge in [0.2, 0.25) is 17.6 Å². The molecule has 1 aromatic heterocycles. The van der Waals surface area contributed by atoms with Crippen LogP contribution < -0.4 is 5.32 Å². The molecule has 0 spiro atoms. The summed E-state index contributed by atoms with van der Waals surface area (Å²) in [4.78, 5) is 16.1. The van der Waals surface area contributed by atoms with Crippen LogP contribution in [0.1, 0.15) is 11.5 Å². The van der Waals surface area contributed by atoms with E-state index in [9.17, 15) is 9.18 Å². The van der Waals surface area contributed by atoms with Crippen molar-refractivity contribution in [1.29, 1.82) is 0 Å². The molecule has 0 aliphatic rings. The highest BCUT2D eigenvalue weighted by Gasteiger charge is 2.12. The van der Waals surface area contributed by atoms with Crippen molar-refractivity contribution in [3.8, 4) is 11.4 Å². The molecule has 1 heterocycles. The van der Waals surface area contributed by atoms with Crippen molar-refractivity contribution < 1.29 is 13.7 Å². The second kappa shape index (κ2) is 8.82. The Morgan fingerprint density at radius 3 is 2.73 bits per heavy atom. The number of hydrogen-bond acceptors (Lipinski definition) is 5. The Kier molecular flexibility index (Phi) is 6.25. The number of carbonyl (C=O) groups excluding carboxylic acids is 1. The van der Waals surface area contributed by atoms with Crippen LogP contribution in [0.5, 0.6) is 0 Å². The SMILES string of the molecule is O=C(CSCc1ccc(F)cc1)NCc1nc(-c2ccccc2Cl)no1. The lowest BCUT2D eigenvalue weighted by Gasteiger charge is -2.03. The molecule has 0 saturated heterocycles. The van der Waals surface area contributed by atoms with E-state index in [-0.39, 0.29) is 24.0 Å². The van der Waals surface area contributed by atoms with Gasteiger partial charge in [-0.1, -0.05) is 41.0 Å². The number of rotatable bonds is 7. The summed E-state index contributed by atoms with van der Waals surface area (Å²) in [5, 5.41) is 7.13. The van der Waals surface area contributed by atoms with Crippen molar-refractivity contribution in [3.63, 3.8) is 0 Å². The Balaban J connectivity index is 1.45. The smallest absolute Gasteiger partial charge is 0.246 e. The lowest BCUT2D eigenvalue weighted by atomic mass is 10.2. The van der Waals surface area contributed by atoms with Crippen LogP contribution in [-0.4, -0.2) is 21.8 Å². The molecule has 0 saturated carbocycles. The van der Waals surface area contributed by atoms with E-state index in [1.165, 1.54) is 23.9 Å². The van der Waals surface area contributed by atoms with E-state index < -0.39 is 0 Å². The van der Waals surface area contributed by atoms with Crippen LogP contribution in [0.3, 0.4) is 0 Å². The first-order valence-corrected chi connectivity index (χ1v) is 9.31. The number of benzene rings is 2. The van der Waals surface area contributed by atoms with Crippen molar-refractivity contribution in [2.45, 2.75) is 12.3 Å². The summed E-state index contributed by atoms with van der Waals surface area (Å²) in [5.41, 5.74) is 1.64. The second-order valence-corrected chi connectivity index (χ2v) is 6.78. The van der Waals surface area contributed by atoms with Gasteiger partial charge in [-0.25, -0.2) is 4.39 Å². The highest BCUT2D eigenvalue weighted by molar-refractivity contribution is 7.99. The third-order valence-electron chi connectivity index (χ3n) is 3.43. The minimum absolute atomic E-state index is 0.144. The van der Waals surface area contributed by atoms with E-state index in [0.29, 0.717) is 28.1 Å². The van der Waals surface area contributed by atoms with Gasteiger partial charge in [-0.15, -0.1) is 11.8 Å². The number of nitrogens with zero attached hydrogens (tertiary/aromatic N) is 2. The van der Waals surface area contributed by atoms with E-state index in [4.69, 9.17) is 16.1 Å². The highest BCUT2D eigenvalue weighted by atomic mass is 35.5. The minimum atomic E-state index is -0.271. The predicted molar refractivity (Wildman–Crippen MR) is 99.2 cm³/mol. The number of amides is 1. The maximum Gasteiger partial charge on any atom is 0.246 e. The minimum Gasteiger partial charge on any atom is -0.346 e. The van der Waals surface area contributed by atoms with Crippen LogP contribution in [0.2, 0.25) is 5.02 Å². The average Bonchev–Trinajstić information content (AvgIpc) is 3.11. The molecule has 0 atom stereocenters. The molecule has 0 aliphatic heterocycles. The van der Waals surface area contributed by atoms with Gasteiger partial charge in [-0.3, -0.25) is 4.79 Å². The summed E-state index contributed by atoms with van der Waals surface area (Å²) < 4.78 is 18.0. The maximum atomic E-state index is 12.8. The van der Waals surface area contributed by atoms with E-state index in [1.807, 2.05) is 12.1 Å². The Bertz CT molecular complexity index is 886. The molecule has 1 N–H and O–H groups in total. The summed E-state index contributed by atoms with van der Waals surface area (Å²) in [6.45, 7) is 0.146. The van der Waals surface area contributed by atoms with Crippen LogP contribution in [0.4, 0.5) is 4.39 Å². The zero-order chi connectivity index (χ0) is 18.4. The van der Waals surface area contributed by atoms with Gasteiger partial charge in [0.1, 0.15) is 5.82 Å². The van der Waals surface area contributed by atoms with Gasteiger partial charge in [-0.05, 0) is 29.8 Å². The topological polar surface area (TPSA) is 68.0 Å². The largest absolute Gasteiger partial charge is 0.346 e. The molecular formula is C18H15ClFN3O2S. The van der Waals surface area contributed by atoms with Crippen LogP contribution in [0.15, 0.2) is 53.1 Å². The fourth-order valence-corrected chi connectivity index (χ4v) is 3.18. The van der Waals surface area contributed by atoms with Gasteiger partial charge in [0.25, 0.3) is 0 Å². The fourth-order valence-electron chi connectivity index (χ4n) is 2.15. The zero-order valence-corrected chi connectivity index (χ0v) is 15.2. The molecule has 0 fully saturated rings. The number of thioether (sulfide) groups is 1. The highest BCUT2D eigenvalue weighted by Crippen LogP contribution is 2.24. The molecule has 0 radical (unpaired) electrons. The van der Waals surface area contributed by atoms with Gasteiger partial charge in [0.05, 0.1) is 17.3 Å². The number of hydrogen-bond donors (Lipinski definition) is 1. The molecule has 5 nitrogen and oxygen atoms in total. The van der Waals surface area contributed by atoms with Gasteiger partial charge in [0, 0.05) is 11.3 Å². The number of nitrogens with one attached hydrogen (secondary N) is 1. The fraction of sp³-hybridized carbons (Fsp3) is 0.167. The molecule has 3 aromatic rings. The van der Waals surface area contributed by atoms with Crippen LogP contribution in [0, 0.1) is 5.82 Å². The molecule has 3 rings (SSSR count). The normalized spacial score (nSPS) is 10.7. The third kappa shape index (κ3) is 5.06. The van der Waals surface area contributed by atoms with Crippen molar-refractivity contribution in [2.24, 2.45) is 0 Å². The quantitative estimate of drug-likeness (QED) is 0.657. The molecule has 0 aliphatic carbocycles. The molecule has 8 heteroatoms. The van der Waals surface area contributed by atoms with Gasteiger partial charge >= 0.3 is 0 Å². The third-order valence-corrected chi connectivity index (χ3v) is 4.77. The van der Waals surface area contributed by atoms with Crippen LogP contribution in [-0.2, 0) is 17.1 Å². The van der Waals surface area contributed by atoms with Crippen LogP contribution >= 0.6 is 23.4 Å². The van der Waals surface area contributed by atoms with Gasteiger partial charge < -0.3 is 9.84 Å². The van der Waals surface area contributed by atoms with E-state index >= 15 is 0 Å². The summed E-state index contributed by atoms with van der Waals surface area (Å²) in [7, 11) is 0. The summed E-state index contributed by atoms with van der Waals surface area (Å²) in [6.07, 6.45) is 0. The summed E-state index contributed by atoms with van der Waals surface area (Å²) >= 11 is 7.54. The predicted octanol–water partition coefficient (Wildman–Crippen LogP) is 4.08.